The molecule has 0 saturated heterocycles. The van der Waals surface area contributed by atoms with E-state index >= 15 is 0 Å². The van der Waals surface area contributed by atoms with E-state index in [1.807, 2.05) is 6.20 Å². The van der Waals surface area contributed by atoms with Crippen LogP contribution in [-0.2, 0) is 12.6 Å². The molecular formula is C17H22F3N. The van der Waals surface area contributed by atoms with Crippen molar-refractivity contribution in [1.29, 1.82) is 0 Å². The van der Waals surface area contributed by atoms with Crippen LogP contribution in [-0.4, -0.2) is 4.98 Å². The standard InChI is InChI=1S/C17H22F3N/c1-2-3-4-5-6-7-8-13-12-21-16-10-9-14(11-15(13)16)17(18,19)20/h9-12,21H,2-8H2,1H3. The fraction of sp³-hybridized carbons (Fsp3) is 0.529. The first-order chi connectivity index (χ1) is 10.0. The zero-order valence-electron chi connectivity index (χ0n) is 12.4. The third kappa shape index (κ3) is 4.26. The number of hydrogen-bond donors (Lipinski definition) is 1. The Morgan fingerprint density at radius 1 is 1.00 bits per heavy atom. The average molecular weight is 297 g/mol. The van der Waals surface area contributed by atoms with Gasteiger partial charge >= 0.3 is 6.18 Å². The number of rotatable bonds is 7. The van der Waals surface area contributed by atoms with Gasteiger partial charge in [0.05, 0.1) is 5.56 Å². The smallest absolute Gasteiger partial charge is 0.361 e. The number of hydrogen-bond acceptors (Lipinski definition) is 0. The normalized spacial score (nSPS) is 12.2. The highest BCUT2D eigenvalue weighted by Crippen LogP contribution is 2.32. The monoisotopic (exact) mass is 297 g/mol. The molecule has 1 aromatic carbocycles. The van der Waals surface area contributed by atoms with Gasteiger partial charge in [0, 0.05) is 17.1 Å². The number of aromatic nitrogens is 1. The molecule has 1 N–H and O–H groups in total. The third-order valence-electron chi connectivity index (χ3n) is 3.89. The topological polar surface area (TPSA) is 15.8 Å². The van der Waals surface area contributed by atoms with Crippen LogP contribution in [0.1, 0.15) is 56.6 Å². The number of H-pyrrole nitrogens is 1. The van der Waals surface area contributed by atoms with Gasteiger partial charge in [-0.05, 0) is 36.6 Å². The molecule has 0 amide bonds. The van der Waals surface area contributed by atoms with Gasteiger partial charge < -0.3 is 4.98 Å². The van der Waals surface area contributed by atoms with E-state index in [4.69, 9.17) is 0 Å². The van der Waals surface area contributed by atoms with Gasteiger partial charge in [0.1, 0.15) is 0 Å². The number of aromatic amines is 1. The van der Waals surface area contributed by atoms with E-state index in [0.717, 1.165) is 36.4 Å². The Morgan fingerprint density at radius 2 is 1.71 bits per heavy atom. The molecule has 0 aliphatic carbocycles. The molecular weight excluding hydrogens is 275 g/mol. The Hall–Kier alpha value is -1.45. The number of fused-ring (bicyclic) bond motifs is 1. The van der Waals surface area contributed by atoms with Gasteiger partial charge in [0.2, 0.25) is 0 Å². The van der Waals surface area contributed by atoms with Crippen molar-refractivity contribution in [3.63, 3.8) is 0 Å². The van der Waals surface area contributed by atoms with Crippen molar-refractivity contribution in [2.45, 2.75) is 58.0 Å². The molecule has 0 saturated carbocycles. The molecule has 0 aliphatic rings. The number of benzene rings is 1. The average Bonchev–Trinajstić information content (AvgIpc) is 2.84. The van der Waals surface area contributed by atoms with Crippen molar-refractivity contribution in [2.75, 3.05) is 0 Å². The van der Waals surface area contributed by atoms with Crippen molar-refractivity contribution in [1.82, 2.24) is 4.98 Å². The van der Waals surface area contributed by atoms with Crippen molar-refractivity contribution in [3.05, 3.63) is 35.5 Å². The summed E-state index contributed by atoms with van der Waals surface area (Å²) in [6.45, 7) is 2.18. The second-order valence-corrected chi connectivity index (χ2v) is 5.59. The number of nitrogens with one attached hydrogen (secondary N) is 1. The molecule has 0 aliphatic heterocycles. The van der Waals surface area contributed by atoms with Crippen LogP contribution < -0.4 is 0 Å². The number of halogens is 3. The minimum atomic E-state index is -4.27. The summed E-state index contributed by atoms with van der Waals surface area (Å²) < 4.78 is 38.3. The third-order valence-corrected chi connectivity index (χ3v) is 3.89. The fourth-order valence-corrected chi connectivity index (χ4v) is 2.66. The maximum atomic E-state index is 12.8. The van der Waals surface area contributed by atoms with Gasteiger partial charge in [-0.25, -0.2) is 0 Å². The van der Waals surface area contributed by atoms with Crippen molar-refractivity contribution < 1.29 is 13.2 Å². The number of unbranched alkanes of at least 4 members (excludes halogenated alkanes) is 5. The maximum absolute atomic E-state index is 12.8. The highest BCUT2D eigenvalue weighted by atomic mass is 19.4. The first-order valence-corrected chi connectivity index (χ1v) is 7.69. The van der Waals surface area contributed by atoms with Crippen LogP contribution in [0.2, 0.25) is 0 Å². The predicted octanol–water partition coefficient (Wildman–Crippen LogP) is 6.09. The van der Waals surface area contributed by atoms with Crippen molar-refractivity contribution in [3.8, 4) is 0 Å². The Bertz CT molecular complexity index is 569. The highest BCUT2D eigenvalue weighted by Gasteiger charge is 2.30. The summed E-state index contributed by atoms with van der Waals surface area (Å²) in [6, 6.07) is 3.91. The largest absolute Gasteiger partial charge is 0.416 e. The van der Waals surface area contributed by atoms with Crippen LogP contribution >= 0.6 is 0 Å². The maximum Gasteiger partial charge on any atom is 0.416 e. The quantitative estimate of drug-likeness (QED) is 0.595. The highest BCUT2D eigenvalue weighted by molar-refractivity contribution is 5.84. The zero-order valence-corrected chi connectivity index (χ0v) is 12.4. The van der Waals surface area contributed by atoms with Crippen LogP contribution in [0.25, 0.3) is 10.9 Å². The molecule has 4 heteroatoms. The summed E-state index contributed by atoms with van der Waals surface area (Å²) in [4.78, 5) is 3.06. The molecule has 0 atom stereocenters. The van der Waals surface area contributed by atoms with E-state index in [1.165, 1.54) is 37.8 Å². The second-order valence-electron chi connectivity index (χ2n) is 5.59. The minimum absolute atomic E-state index is 0.571. The number of alkyl halides is 3. The molecule has 0 fully saturated rings. The lowest BCUT2D eigenvalue weighted by Gasteiger charge is -2.07. The SMILES string of the molecule is CCCCCCCCc1c[nH]c2ccc(C(F)(F)F)cc12. The minimum Gasteiger partial charge on any atom is -0.361 e. The summed E-state index contributed by atoms with van der Waals surface area (Å²) in [6.07, 6.45) is 5.54. The predicted molar refractivity (Wildman–Crippen MR) is 80.4 cm³/mol. The summed E-state index contributed by atoms with van der Waals surface area (Å²) in [5.74, 6) is 0. The number of aryl methyl sites for hydroxylation is 1. The van der Waals surface area contributed by atoms with Crippen LogP contribution in [0.3, 0.4) is 0 Å². The molecule has 0 unspecified atom stereocenters. The fourth-order valence-electron chi connectivity index (χ4n) is 2.66. The van der Waals surface area contributed by atoms with E-state index < -0.39 is 11.7 Å². The Labute approximate surface area is 123 Å². The van der Waals surface area contributed by atoms with E-state index in [2.05, 4.69) is 11.9 Å². The Balaban J connectivity index is 2.00. The van der Waals surface area contributed by atoms with E-state index in [-0.39, 0.29) is 0 Å². The summed E-state index contributed by atoms with van der Waals surface area (Å²) in [7, 11) is 0. The van der Waals surface area contributed by atoms with Crippen molar-refractivity contribution >= 4 is 10.9 Å². The van der Waals surface area contributed by atoms with E-state index in [9.17, 15) is 13.2 Å². The van der Waals surface area contributed by atoms with Crippen molar-refractivity contribution in [2.24, 2.45) is 0 Å². The molecule has 21 heavy (non-hydrogen) atoms. The van der Waals surface area contributed by atoms with E-state index in [0.29, 0.717) is 5.39 Å². The summed E-state index contributed by atoms with van der Waals surface area (Å²) in [5.41, 5.74) is 1.20. The zero-order chi connectivity index (χ0) is 15.3. The summed E-state index contributed by atoms with van der Waals surface area (Å²) in [5, 5.41) is 0.707. The first kappa shape index (κ1) is 15.9. The van der Waals surface area contributed by atoms with Gasteiger partial charge in [0.25, 0.3) is 0 Å². The Morgan fingerprint density at radius 3 is 2.43 bits per heavy atom. The molecule has 2 rings (SSSR count). The molecule has 0 bridgehead atoms. The molecule has 0 spiro atoms. The van der Waals surface area contributed by atoms with E-state index in [1.54, 1.807) is 0 Å². The van der Waals surface area contributed by atoms with Crippen LogP contribution in [0, 0.1) is 0 Å². The van der Waals surface area contributed by atoms with Crippen LogP contribution in [0.4, 0.5) is 13.2 Å². The first-order valence-electron chi connectivity index (χ1n) is 7.69. The van der Waals surface area contributed by atoms with Crippen LogP contribution in [0.5, 0.6) is 0 Å². The lowest BCUT2D eigenvalue weighted by molar-refractivity contribution is -0.137. The molecule has 1 heterocycles. The molecule has 2 aromatic rings. The lowest BCUT2D eigenvalue weighted by atomic mass is 10.0. The lowest BCUT2D eigenvalue weighted by Crippen LogP contribution is -2.04. The molecule has 1 aromatic heterocycles. The molecule has 1 nitrogen and oxygen atoms in total. The molecule has 116 valence electrons. The van der Waals surface area contributed by atoms with Gasteiger partial charge in [-0.2, -0.15) is 13.2 Å². The van der Waals surface area contributed by atoms with Gasteiger partial charge in [-0.3, -0.25) is 0 Å². The van der Waals surface area contributed by atoms with Gasteiger partial charge in [-0.1, -0.05) is 39.0 Å². The molecule has 0 radical (unpaired) electrons. The van der Waals surface area contributed by atoms with Gasteiger partial charge in [0.15, 0.2) is 0 Å². The van der Waals surface area contributed by atoms with Gasteiger partial charge in [-0.15, -0.1) is 0 Å². The second kappa shape index (κ2) is 7.01. The Kier molecular flexibility index (Phi) is 5.32. The summed E-state index contributed by atoms with van der Waals surface area (Å²) >= 11 is 0. The van der Waals surface area contributed by atoms with Crippen LogP contribution in [0.15, 0.2) is 24.4 Å².